The average Bonchev–Trinajstić information content (AvgIpc) is 3.13. The highest BCUT2D eigenvalue weighted by atomic mass is 35.5. The maximum Gasteiger partial charge on any atom is 0.215 e. The van der Waals surface area contributed by atoms with E-state index in [4.69, 9.17) is 16.3 Å². The lowest BCUT2D eigenvalue weighted by Gasteiger charge is -2.17. The molecule has 2 unspecified atom stereocenters. The Morgan fingerprint density at radius 3 is 2.67 bits per heavy atom. The fourth-order valence-corrected chi connectivity index (χ4v) is 3.31. The molecule has 0 amide bonds. The highest BCUT2D eigenvalue weighted by molar-refractivity contribution is 7.07. The quantitative estimate of drug-likeness (QED) is 0.668. The van der Waals surface area contributed by atoms with E-state index in [0.717, 1.165) is 17.0 Å². The predicted octanol–water partition coefficient (Wildman–Crippen LogP) is 4.41. The minimum atomic E-state index is -0.189. The van der Waals surface area contributed by atoms with Crippen molar-refractivity contribution in [3.63, 3.8) is 0 Å². The molecule has 3 heterocycles. The first-order valence-corrected chi connectivity index (χ1v) is 8.08. The van der Waals surface area contributed by atoms with Gasteiger partial charge in [0.2, 0.25) is 5.88 Å². The van der Waals surface area contributed by atoms with Crippen LogP contribution in [0.2, 0.25) is 0 Å². The predicted molar refractivity (Wildman–Crippen MR) is 86.5 cm³/mol. The van der Waals surface area contributed by atoms with E-state index < -0.39 is 0 Å². The van der Waals surface area contributed by atoms with Crippen LogP contribution in [-0.4, -0.2) is 21.6 Å². The molecule has 2 atom stereocenters. The summed E-state index contributed by atoms with van der Waals surface area (Å²) in [7, 11) is 1.61. The van der Waals surface area contributed by atoms with Crippen molar-refractivity contribution in [2.24, 2.45) is 0 Å². The summed E-state index contributed by atoms with van der Waals surface area (Å²) >= 11 is 8.00. The Kier molecular flexibility index (Phi) is 3.87. The van der Waals surface area contributed by atoms with E-state index in [2.05, 4.69) is 38.3 Å². The summed E-state index contributed by atoms with van der Waals surface area (Å²) in [6, 6.07) is 5.97. The number of ether oxygens (including phenoxy) is 1. The number of alkyl halides is 1. The molecule has 0 N–H and O–H groups in total. The molecule has 3 rings (SSSR count). The standard InChI is InChI=1S/C15H16ClN3OS/c1-9(16)14-17-12-4-5-13(20-3)18-15(12)19(14)10(2)11-6-7-21-8-11/h4-10H,1-3H3. The molecule has 3 aromatic rings. The van der Waals surface area contributed by atoms with Gasteiger partial charge in [0, 0.05) is 6.07 Å². The zero-order valence-corrected chi connectivity index (χ0v) is 13.6. The lowest BCUT2D eigenvalue weighted by molar-refractivity contribution is 0.398. The second kappa shape index (κ2) is 5.66. The van der Waals surface area contributed by atoms with Crippen molar-refractivity contribution in [2.75, 3.05) is 7.11 Å². The van der Waals surface area contributed by atoms with E-state index >= 15 is 0 Å². The van der Waals surface area contributed by atoms with Crippen LogP contribution in [0.3, 0.4) is 0 Å². The summed E-state index contributed by atoms with van der Waals surface area (Å²) in [5.41, 5.74) is 2.86. The van der Waals surface area contributed by atoms with Crippen LogP contribution in [0.25, 0.3) is 11.2 Å². The molecule has 4 nitrogen and oxygen atoms in total. The average molecular weight is 322 g/mol. The third kappa shape index (κ3) is 2.51. The molecule has 3 aromatic heterocycles. The molecule has 0 fully saturated rings. The van der Waals surface area contributed by atoms with Crippen LogP contribution < -0.4 is 4.74 Å². The molecule has 0 aliphatic heterocycles. The van der Waals surface area contributed by atoms with E-state index in [0.29, 0.717) is 5.88 Å². The van der Waals surface area contributed by atoms with Crippen molar-refractivity contribution in [1.29, 1.82) is 0 Å². The van der Waals surface area contributed by atoms with Gasteiger partial charge in [-0.3, -0.25) is 0 Å². The number of pyridine rings is 1. The lowest BCUT2D eigenvalue weighted by atomic mass is 10.2. The van der Waals surface area contributed by atoms with E-state index in [1.807, 2.05) is 19.1 Å². The summed E-state index contributed by atoms with van der Waals surface area (Å²) < 4.78 is 7.33. The number of fused-ring (bicyclic) bond motifs is 1. The van der Waals surface area contributed by atoms with Crippen LogP contribution in [0.5, 0.6) is 5.88 Å². The number of methoxy groups -OCH3 is 1. The number of thiophene rings is 1. The normalized spacial score (nSPS) is 14.3. The van der Waals surface area contributed by atoms with Gasteiger partial charge in [0.05, 0.1) is 18.5 Å². The third-order valence-electron chi connectivity index (χ3n) is 3.52. The van der Waals surface area contributed by atoms with Crippen molar-refractivity contribution >= 4 is 34.1 Å². The van der Waals surface area contributed by atoms with Gasteiger partial charge in [-0.05, 0) is 42.3 Å². The molecule has 0 spiro atoms. The molecule has 0 aromatic carbocycles. The highest BCUT2D eigenvalue weighted by Crippen LogP contribution is 2.31. The van der Waals surface area contributed by atoms with Gasteiger partial charge in [0.25, 0.3) is 0 Å². The zero-order valence-electron chi connectivity index (χ0n) is 12.1. The van der Waals surface area contributed by atoms with Crippen molar-refractivity contribution in [3.05, 3.63) is 40.3 Å². The Morgan fingerprint density at radius 1 is 1.24 bits per heavy atom. The topological polar surface area (TPSA) is 39.9 Å². The third-order valence-corrected chi connectivity index (χ3v) is 4.41. The maximum absolute atomic E-state index is 6.32. The number of nitrogens with zero attached hydrogens (tertiary/aromatic N) is 3. The van der Waals surface area contributed by atoms with Gasteiger partial charge >= 0.3 is 0 Å². The number of hydrogen-bond acceptors (Lipinski definition) is 4. The minimum absolute atomic E-state index is 0.122. The van der Waals surface area contributed by atoms with Crippen LogP contribution in [0.1, 0.15) is 36.7 Å². The molecule has 0 aliphatic rings. The summed E-state index contributed by atoms with van der Waals surface area (Å²) in [6.07, 6.45) is 0. The molecule has 0 aliphatic carbocycles. The maximum atomic E-state index is 6.32. The Morgan fingerprint density at radius 2 is 2.05 bits per heavy atom. The number of hydrogen-bond donors (Lipinski definition) is 0. The second-order valence-corrected chi connectivity index (χ2v) is 6.32. The largest absolute Gasteiger partial charge is 0.481 e. The van der Waals surface area contributed by atoms with Gasteiger partial charge in [-0.25, -0.2) is 4.98 Å². The number of halogens is 1. The molecular formula is C15H16ClN3OS. The molecule has 6 heteroatoms. The molecule has 0 saturated heterocycles. The summed E-state index contributed by atoms with van der Waals surface area (Å²) in [6.45, 7) is 4.06. The van der Waals surface area contributed by atoms with E-state index in [1.165, 1.54) is 5.56 Å². The first-order chi connectivity index (χ1) is 10.1. The Bertz CT molecular complexity index is 752. The van der Waals surface area contributed by atoms with E-state index in [-0.39, 0.29) is 11.4 Å². The van der Waals surface area contributed by atoms with Crippen LogP contribution in [0, 0.1) is 0 Å². The highest BCUT2D eigenvalue weighted by Gasteiger charge is 2.21. The zero-order chi connectivity index (χ0) is 15.0. The van der Waals surface area contributed by atoms with Crippen molar-refractivity contribution in [1.82, 2.24) is 14.5 Å². The lowest BCUT2D eigenvalue weighted by Crippen LogP contribution is -2.11. The van der Waals surface area contributed by atoms with Crippen molar-refractivity contribution in [2.45, 2.75) is 25.3 Å². The second-order valence-electron chi connectivity index (χ2n) is 4.89. The van der Waals surface area contributed by atoms with Gasteiger partial charge in [0.1, 0.15) is 11.3 Å². The first-order valence-electron chi connectivity index (χ1n) is 6.71. The minimum Gasteiger partial charge on any atom is -0.481 e. The van der Waals surface area contributed by atoms with Crippen LogP contribution in [0.4, 0.5) is 0 Å². The van der Waals surface area contributed by atoms with Gasteiger partial charge in [0.15, 0.2) is 5.65 Å². The van der Waals surface area contributed by atoms with Crippen LogP contribution >= 0.6 is 22.9 Å². The number of rotatable bonds is 4. The molecular weight excluding hydrogens is 306 g/mol. The van der Waals surface area contributed by atoms with Gasteiger partial charge in [-0.2, -0.15) is 16.3 Å². The number of imidazole rings is 1. The smallest absolute Gasteiger partial charge is 0.215 e. The Balaban J connectivity index is 2.24. The first kappa shape index (κ1) is 14.4. The molecule has 0 radical (unpaired) electrons. The molecule has 0 bridgehead atoms. The number of aromatic nitrogens is 3. The summed E-state index contributed by atoms with van der Waals surface area (Å²) in [5, 5.41) is 4.02. The molecule has 110 valence electrons. The molecule has 0 saturated carbocycles. The van der Waals surface area contributed by atoms with E-state index in [9.17, 15) is 0 Å². The van der Waals surface area contributed by atoms with Gasteiger partial charge < -0.3 is 9.30 Å². The van der Waals surface area contributed by atoms with Crippen LogP contribution in [0.15, 0.2) is 29.0 Å². The summed E-state index contributed by atoms with van der Waals surface area (Å²) in [4.78, 5) is 9.19. The SMILES string of the molecule is COc1ccc2nc(C(C)Cl)n(C(C)c3ccsc3)c2n1. The van der Waals surface area contributed by atoms with E-state index in [1.54, 1.807) is 18.4 Å². The summed E-state index contributed by atoms with van der Waals surface area (Å²) in [5.74, 6) is 1.40. The fraction of sp³-hybridized carbons (Fsp3) is 0.333. The van der Waals surface area contributed by atoms with Crippen molar-refractivity contribution < 1.29 is 4.74 Å². The van der Waals surface area contributed by atoms with Gasteiger partial charge in [-0.1, -0.05) is 0 Å². The Hall–Kier alpha value is -1.59. The van der Waals surface area contributed by atoms with Gasteiger partial charge in [-0.15, -0.1) is 11.6 Å². The Labute approximate surface area is 132 Å². The van der Waals surface area contributed by atoms with Crippen LogP contribution in [-0.2, 0) is 0 Å². The van der Waals surface area contributed by atoms with Crippen molar-refractivity contribution in [3.8, 4) is 5.88 Å². The monoisotopic (exact) mass is 321 g/mol. The fourth-order valence-electron chi connectivity index (χ4n) is 2.41. The molecule has 21 heavy (non-hydrogen) atoms.